The number of rotatable bonds is 6. The first-order valence-electron chi connectivity index (χ1n) is 6.75. The molecule has 1 N–H and O–H groups in total. The molecular weight excluding hydrogens is 359 g/mol. The van der Waals surface area contributed by atoms with Gasteiger partial charge in [0.15, 0.2) is 12.4 Å². The van der Waals surface area contributed by atoms with E-state index >= 15 is 0 Å². The van der Waals surface area contributed by atoms with E-state index < -0.39 is 11.9 Å². The number of ether oxygens (including phenoxy) is 1. The van der Waals surface area contributed by atoms with Gasteiger partial charge in [0.2, 0.25) is 0 Å². The molecule has 0 saturated heterocycles. The zero-order valence-corrected chi connectivity index (χ0v) is 14.6. The molecule has 1 amide bonds. The molecule has 2 aromatic heterocycles. The summed E-state index contributed by atoms with van der Waals surface area (Å²) in [5.41, 5.74) is 1.61. The number of carbonyl (C=O) groups excluding carboxylic acids is 2. The number of esters is 1. The van der Waals surface area contributed by atoms with Gasteiger partial charge >= 0.3 is 5.97 Å². The number of thiophene rings is 1. The van der Waals surface area contributed by atoms with Crippen LogP contribution in [0.4, 0.5) is 5.82 Å². The number of hydrogen-bond donors (Lipinski definition) is 1. The summed E-state index contributed by atoms with van der Waals surface area (Å²) in [4.78, 5) is 27.5. The van der Waals surface area contributed by atoms with Gasteiger partial charge in [-0.05, 0) is 41.8 Å². The molecule has 0 spiro atoms. The van der Waals surface area contributed by atoms with Crippen LogP contribution in [0.25, 0.3) is 0 Å². The second-order valence-electron chi connectivity index (χ2n) is 4.73. The van der Waals surface area contributed by atoms with Crippen molar-refractivity contribution in [3.8, 4) is 0 Å². The van der Waals surface area contributed by atoms with E-state index in [4.69, 9.17) is 27.9 Å². The standard InChI is InChI=1S/C15H14Cl2N2O3S/c1-9-11(16)6-12(17)15(18-9)19-13(20)7-22-14(21)3-2-10-4-5-23-8-10/h4-6,8H,2-3,7H2,1H3,(H,18,19,20). The molecule has 0 aliphatic carbocycles. The first-order chi connectivity index (χ1) is 11.0. The normalized spacial score (nSPS) is 10.4. The maximum atomic E-state index is 11.8. The minimum Gasteiger partial charge on any atom is -0.456 e. The number of carbonyl (C=O) groups is 2. The number of aromatic nitrogens is 1. The van der Waals surface area contributed by atoms with Crippen LogP contribution >= 0.6 is 34.5 Å². The lowest BCUT2D eigenvalue weighted by atomic mass is 10.2. The number of pyridine rings is 1. The van der Waals surface area contributed by atoms with Gasteiger partial charge in [-0.1, -0.05) is 23.2 Å². The second-order valence-corrected chi connectivity index (χ2v) is 6.32. The summed E-state index contributed by atoms with van der Waals surface area (Å²) in [6.07, 6.45) is 0.816. The van der Waals surface area contributed by atoms with E-state index in [1.165, 1.54) is 6.07 Å². The van der Waals surface area contributed by atoms with Crippen LogP contribution in [0.15, 0.2) is 22.9 Å². The Balaban J connectivity index is 1.78. The molecule has 0 saturated carbocycles. The third kappa shape index (κ3) is 5.49. The Kier molecular flexibility index (Phi) is 6.38. The largest absolute Gasteiger partial charge is 0.456 e. The third-order valence-corrected chi connectivity index (χ3v) is 4.33. The summed E-state index contributed by atoms with van der Waals surface area (Å²) in [5.74, 6) is -0.754. The minimum atomic E-state index is -0.509. The average molecular weight is 373 g/mol. The second kappa shape index (κ2) is 8.29. The molecular formula is C15H14Cl2N2O3S. The number of hydrogen-bond acceptors (Lipinski definition) is 5. The van der Waals surface area contributed by atoms with Crippen molar-refractivity contribution in [2.24, 2.45) is 0 Å². The number of halogens is 2. The van der Waals surface area contributed by atoms with Crippen molar-refractivity contribution in [1.82, 2.24) is 4.98 Å². The zero-order valence-electron chi connectivity index (χ0n) is 12.3. The van der Waals surface area contributed by atoms with Gasteiger partial charge in [0, 0.05) is 6.42 Å². The highest BCUT2D eigenvalue weighted by molar-refractivity contribution is 7.07. The van der Waals surface area contributed by atoms with Crippen LogP contribution in [-0.2, 0) is 20.7 Å². The van der Waals surface area contributed by atoms with Crippen molar-refractivity contribution in [1.29, 1.82) is 0 Å². The molecule has 0 atom stereocenters. The Morgan fingerprint density at radius 3 is 2.83 bits per heavy atom. The zero-order chi connectivity index (χ0) is 16.8. The topological polar surface area (TPSA) is 68.3 Å². The van der Waals surface area contributed by atoms with Crippen molar-refractivity contribution in [3.05, 3.63) is 44.2 Å². The van der Waals surface area contributed by atoms with Crippen molar-refractivity contribution in [2.45, 2.75) is 19.8 Å². The highest BCUT2D eigenvalue weighted by Gasteiger charge is 2.12. The van der Waals surface area contributed by atoms with Gasteiger partial charge in [0.05, 0.1) is 15.7 Å². The van der Waals surface area contributed by atoms with E-state index in [0.29, 0.717) is 17.1 Å². The number of nitrogens with zero attached hydrogens (tertiary/aromatic N) is 1. The molecule has 0 aromatic carbocycles. The van der Waals surface area contributed by atoms with Crippen LogP contribution in [0.3, 0.4) is 0 Å². The Bertz CT molecular complexity index is 705. The molecule has 2 aromatic rings. The lowest BCUT2D eigenvalue weighted by Crippen LogP contribution is -2.22. The highest BCUT2D eigenvalue weighted by atomic mass is 35.5. The molecule has 0 bridgehead atoms. The van der Waals surface area contributed by atoms with Gasteiger partial charge in [0.25, 0.3) is 5.91 Å². The van der Waals surface area contributed by atoms with Crippen LogP contribution in [-0.4, -0.2) is 23.5 Å². The van der Waals surface area contributed by atoms with Crippen LogP contribution in [0.1, 0.15) is 17.7 Å². The predicted molar refractivity (Wildman–Crippen MR) is 91.2 cm³/mol. The predicted octanol–water partition coefficient (Wildman–Crippen LogP) is 3.87. The lowest BCUT2D eigenvalue weighted by molar-refractivity contribution is -0.147. The van der Waals surface area contributed by atoms with Crippen LogP contribution in [0.5, 0.6) is 0 Å². The van der Waals surface area contributed by atoms with Gasteiger partial charge in [-0.3, -0.25) is 9.59 Å². The fourth-order valence-electron chi connectivity index (χ4n) is 1.71. The van der Waals surface area contributed by atoms with Gasteiger partial charge < -0.3 is 10.1 Å². The quantitative estimate of drug-likeness (QED) is 0.781. The molecule has 5 nitrogen and oxygen atoms in total. The molecule has 2 rings (SSSR count). The maximum absolute atomic E-state index is 11.8. The van der Waals surface area contributed by atoms with E-state index in [1.807, 2.05) is 16.8 Å². The van der Waals surface area contributed by atoms with Crippen LogP contribution < -0.4 is 5.32 Å². The van der Waals surface area contributed by atoms with Crippen molar-refractivity contribution in [3.63, 3.8) is 0 Å². The first kappa shape index (κ1) is 17.7. The smallest absolute Gasteiger partial charge is 0.306 e. The number of anilines is 1. The summed E-state index contributed by atoms with van der Waals surface area (Å²) >= 11 is 13.4. The Labute approximate surface area is 147 Å². The molecule has 0 aliphatic heterocycles. The minimum absolute atomic E-state index is 0.188. The summed E-state index contributed by atoms with van der Waals surface area (Å²) in [6, 6.07) is 3.44. The number of amides is 1. The van der Waals surface area contributed by atoms with Gasteiger partial charge in [0.1, 0.15) is 0 Å². The SMILES string of the molecule is Cc1nc(NC(=O)COC(=O)CCc2ccsc2)c(Cl)cc1Cl. The fraction of sp³-hybridized carbons (Fsp3) is 0.267. The summed E-state index contributed by atoms with van der Waals surface area (Å²) in [6.45, 7) is 1.31. The molecule has 122 valence electrons. The summed E-state index contributed by atoms with van der Waals surface area (Å²) in [5, 5.41) is 7.03. The Morgan fingerprint density at radius 1 is 1.35 bits per heavy atom. The van der Waals surface area contributed by atoms with E-state index in [2.05, 4.69) is 10.3 Å². The molecule has 23 heavy (non-hydrogen) atoms. The number of nitrogens with one attached hydrogen (secondary N) is 1. The fourth-order valence-corrected chi connectivity index (χ4v) is 2.82. The molecule has 2 heterocycles. The Morgan fingerprint density at radius 2 is 2.13 bits per heavy atom. The van der Waals surface area contributed by atoms with Crippen LogP contribution in [0.2, 0.25) is 10.0 Å². The average Bonchev–Trinajstić information content (AvgIpc) is 3.02. The van der Waals surface area contributed by atoms with Gasteiger partial charge in [-0.2, -0.15) is 11.3 Å². The summed E-state index contributed by atoms with van der Waals surface area (Å²) < 4.78 is 4.92. The maximum Gasteiger partial charge on any atom is 0.306 e. The van der Waals surface area contributed by atoms with E-state index in [-0.39, 0.29) is 23.9 Å². The van der Waals surface area contributed by atoms with E-state index in [1.54, 1.807) is 18.3 Å². The number of aryl methyl sites for hydroxylation is 2. The highest BCUT2D eigenvalue weighted by Crippen LogP contribution is 2.25. The molecule has 0 radical (unpaired) electrons. The van der Waals surface area contributed by atoms with Gasteiger partial charge in [-0.25, -0.2) is 4.98 Å². The monoisotopic (exact) mass is 372 g/mol. The van der Waals surface area contributed by atoms with Crippen molar-refractivity contribution in [2.75, 3.05) is 11.9 Å². The molecule has 0 unspecified atom stereocenters. The van der Waals surface area contributed by atoms with Crippen LogP contribution in [0, 0.1) is 6.92 Å². The van der Waals surface area contributed by atoms with Crippen molar-refractivity contribution < 1.29 is 14.3 Å². The Hall–Kier alpha value is -1.63. The first-order valence-corrected chi connectivity index (χ1v) is 8.45. The van der Waals surface area contributed by atoms with Crippen molar-refractivity contribution >= 4 is 52.2 Å². The van der Waals surface area contributed by atoms with E-state index in [0.717, 1.165) is 5.56 Å². The molecule has 8 heteroatoms. The lowest BCUT2D eigenvalue weighted by Gasteiger charge is -2.09. The third-order valence-electron chi connectivity index (χ3n) is 2.92. The molecule has 0 aliphatic rings. The summed E-state index contributed by atoms with van der Waals surface area (Å²) in [7, 11) is 0. The molecule has 0 fully saturated rings. The van der Waals surface area contributed by atoms with Gasteiger partial charge in [-0.15, -0.1) is 0 Å². The van der Waals surface area contributed by atoms with E-state index in [9.17, 15) is 9.59 Å².